The summed E-state index contributed by atoms with van der Waals surface area (Å²) in [4.78, 5) is 11.8. The Bertz CT molecular complexity index is 848. The van der Waals surface area contributed by atoms with Crippen LogP contribution >= 0.6 is 0 Å². The topological polar surface area (TPSA) is 99.1 Å². The number of carbonyl (C=O) groups is 1. The first-order valence-corrected chi connectivity index (χ1v) is 10.1. The monoisotopic (exact) mass is 454 g/mol. The molecule has 5 unspecified atom stereocenters. The third-order valence-corrected chi connectivity index (χ3v) is 7.51. The van der Waals surface area contributed by atoms with E-state index >= 15 is 0 Å². The van der Waals surface area contributed by atoms with E-state index in [2.05, 4.69) is 0 Å². The zero-order valence-corrected chi connectivity index (χ0v) is 15.4. The summed E-state index contributed by atoms with van der Waals surface area (Å²) in [5.74, 6) is -11.9. The van der Waals surface area contributed by atoms with Crippen molar-refractivity contribution in [2.75, 3.05) is 13.2 Å². The first-order valence-electron chi connectivity index (χ1n) is 8.65. The Balaban J connectivity index is 1.64. The summed E-state index contributed by atoms with van der Waals surface area (Å²) >= 11 is 0. The Morgan fingerprint density at radius 3 is 2.17 bits per heavy atom. The average molecular weight is 454 g/mol. The van der Waals surface area contributed by atoms with E-state index in [1.165, 1.54) is 0 Å². The maximum absolute atomic E-state index is 13.8. The third-order valence-electron chi connectivity index (χ3n) is 6.70. The van der Waals surface area contributed by atoms with Gasteiger partial charge in [-0.2, -0.15) is 34.8 Å². The number of hydrogen-bond donors (Lipinski definition) is 1. The molecule has 1 N–H and O–H groups in total. The predicted octanol–water partition coefficient (Wildman–Crippen LogP) is 2.01. The van der Waals surface area contributed by atoms with Crippen LogP contribution in [0, 0.1) is 11.3 Å². The van der Waals surface area contributed by atoms with Gasteiger partial charge in [0.2, 0.25) is 0 Å². The minimum absolute atomic E-state index is 0.00714. The van der Waals surface area contributed by atoms with Gasteiger partial charge in [0.25, 0.3) is 0 Å². The molecule has 14 heteroatoms. The Kier molecular flexibility index (Phi) is 4.20. The van der Waals surface area contributed by atoms with Crippen LogP contribution in [0.3, 0.4) is 0 Å². The van der Waals surface area contributed by atoms with Crippen molar-refractivity contribution in [3.63, 3.8) is 0 Å². The van der Waals surface area contributed by atoms with E-state index in [0.29, 0.717) is 0 Å². The molecule has 1 spiro atoms. The first-order chi connectivity index (χ1) is 13.1. The van der Waals surface area contributed by atoms with Crippen LogP contribution in [-0.4, -0.2) is 67.1 Å². The number of rotatable bonds is 3. The smallest absolute Gasteiger partial charge is 0.453 e. The minimum Gasteiger partial charge on any atom is -0.453 e. The number of fused-ring (bicyclic) bond motifs is 1. The molecule has 7 nitrogen and oxygen atoms in total. The number of alkyl halides is 6. The highest BCUT2D eigenvalue weighted by molar-refractivity contribution is 7.87. The van der Waals surface area contributed by atoms with Crippen LogP contribution in [0.2, 0.25) is 0 Å². The van der Waals surface area contributed by atoms with Gasteiger partial charge in [-0.1, -0.05) is 0 Å². The van der Waals surface area contributed by atoms with E-state index in [0.717, 1.165) is 0 Å². The molecule has 0 radical (unpaired) electrons. The molecule has 1 saturated heterocycles. The Morgan fingerprint density at radius 1 is 1.03 bits per heavy atom. The van der Waals surface area contributed by atoms with Gasteiger partial charge in [0.1, 0.15) is 18.8 Å². The number of hydrogen-bond acceptors (Lipinski definition) is 6. The fourth-order valence-corrected chi connectivity index (χ4v) is 5.49. The number of esters is 1. The molecule has 3 aliphatic carbocycles. The largest absolute Gasteiger partial charge is 0.465 e. The van der Waals surface area contributed by atoms with Crippen molar-refractivity contribution < 1.29 is 58.3 Å². The van der Waals surface area contributed by atoms with Gasteiger partial charge >= 0.3 is 33.2 Å². The molecular formula is C15H16F6O7S. The van der Waals surface area contributed by atoms with E-state index in [9.17, 15) is 39.6 Å². The zero-order chi connectivity index (χ0) is 21.7. The lowest BCUT2D eigenvalue weighted by atomic mass is 9.39. The molecular weight excluding hydrogens is 438 g/mol. The van der Waals surface area contributed by atoms with Crippen LogP contribution in [-0.2, 0) is 29.1 Å². The maximum Gasteiger partial charge on any atom is 0.465 e. The van der Waals surface area contributed by atoms with Crippen LogP contribution in [0.5, 0.6) is 0 Å². The van der Waals surface area contributed by atoms with Crippen LogP contribution in [0.15, 0.2) is 0 Å². The van der Waals surface area contributed by atoms with Crippen LogP contribution in [0.25, 0.3) is 0 Å². The molecule has 4 rings (SSSR count). The third kappa shape index (κ3) is 2.61. The molecule has 5 atom stereocenters. The van der Waals surface area contributed by atoms with Gasteiger partial charge in [-0.05, 0) is 25.2 Å². The molecule has 1 heterocycles. The van der Waals surface area contributed by atoms with Gasteiger partial charge in [0.05, 0.1) is 12.2 Å². The molecule has 4 aliphatic rings. The van der Waals surface area contributed by atoms with E-state index in [4.69, 9.17) is 18.8 Å². The summed E-state index contributed by atoms with van der Waals surface area (Å²) in [5, 5.41) is -5.25. The van der Waals surface area contributed by atoms with E-state index in [1.807, 2.05) is 0 Å². The molecule has 0 aromatic rings. The van der Waals surface area contributed by atoms with Gasteiger partial charge in [0, 0.05) is 11.8 Å². The van der Waals surface area contributed by atoms with Crippen LogP contribution < -0.4 is 0 Å². The van der Waals surface area contributed by atoms with Crippen molar-refractivity contribution in [1.82, 2.24) is 0 Å². The molecule has 2 bridgehead atoms. The molecule has 29 heavy (non-hydrogen) atoms. The summed E-state index contributed by atoms with van der Waals surface area (Å²) in [6.07, 6.45) is -2.46. The minimum atomic E-state index is -6.12. The summed E-state index contributed by atoms with van der Waals surface area (Å²) in [7, 11) is -6.12. The van der Waals surface area contributed by atoms with Crippen molar-refractivity contribution in [3.05, 3.63) is 0 Å². The van der Waals surface area contributed by atoms with Crippen molar-refractivity contribution in [2.24, 2.45) is 11.3 Å². The number of carbonyl (C=O) groups excluding carboxylic acids is 1. The highest BCUT2D eigenvalue weighted by Crippen LogP contribution is 2.76. The highest BCUT2D eigenvalue weighted by Gasteiger charge is 2.82. The van der Waals surface area contributed by atoms with Crippen molar-refractivity contribution >= 4 is 16.1 Å². The highest BCUT2D eigenvalue weighted by atomic mass is 32.2. The summed E-state index contributed by atoms with van der Waals surface area (Å²) in [6.45, 7) is -3.29. The lowest BCUT2D eigenvalue weighted by Gasteiger charge is -2.70. The molecule has 0 aromatic carbocycles. The standard InChI is InChI=1S/C15H16F6O7S/c16-13(17)5-26-8-3-11(28-10(22)15(20,21)29(23,24)25)2-7-1-9(12(7,11)4-8)27-6-14(13,18)19/h7-9H,1-6H2,(H,23,24,25). The Morgan fingerprint density at radius 2 is 1.62 bits per heavy atom. The lowest BCUT2D eigenvalue weighted by Crippen LogP contribution is -2.75. The molecule has 0 aromatic heterocycles. The maximum atomic E-state index is 13.8. The molecule has 3 saturated carbocycles. The van der Waals surface area contributed by atoms with Gasteiger partial charge in [-0.3, -0.25) is 4.55 Å². The number of ether oxygens (including phenoxy) is 3. The van der Waals surface area contributed by atoms with Crippen molar-refractivity contribution in [1.29, 1.82) is 0 Å². The molecule has 166 valence electrons. The van der Waals surface area contributed by atoms with E-state index in [1.54, 1.807) is 0 Å². The van der Waals surface area contributed by atoms with E-state index < -0.39 is 69.6 Å². The summed E-state index contributed by atoms with van der Waals surface area (Å²) in [5.41, 5.74) is -2.96. The summed E-state index contributed by atoms with van der Waals surface area (Å²) in [6, 6.07) is 0. The lowest BCUT2D eigenvalue weighted by molar-refractivity contribution is -0.338. The van der Waals surface area contributed by atoms with Gasteiger partial charge in [-0.25, -0.2) is 4.79 Å². The Labute approximate surface area is 160 Å². The van der Waals surface area contributed by atoms with Gasteiger partial charge in [0.15, 0.2) is 0 Å². The second kappa shape index (κ2) is 5.77. The van der Waals surface area contributed by atoms with Crippen LogP contribution in [0.1, 0.15) is 25.7 Å². The van der Waals surface area contributed by atoms with Gasteiger partial charge in [-0.15, -0.1) is 0 Å². The fourth-order valence-electron chi connectivity index (χ4n) is 5.24. The van der Waals surface area contributed by atoms with Gasteiger partial charge < -0.3 is 14.2 Å². The van der Waals surface area contributed by atoms with Crippen molar-refractivity contribution in [2.45, 2.75) is 60.6 Å². The first kappa shape index (κ1) is 21.1. The average Bonchev–Trinajstić information content (AvgIpc) is 2.86. The quantitative estimate of drug-likeness (QED) is 0.396. The normalized spacial score (nSPS) is 42.8. The summed E-state index contributed by atoms with van der Waals surface area (Å²) < 4.78 is 127. The fraction of sp³-hybridized carbons (Fsp3) is 0.933. The Hall–Kier alpha value is -1.12. The predicted molar refractivity (Wildman–Crippen MR) is 79.1 cm³/mol. The van der Waals surface area contributed by atoms with Crippen LogP contribution in [0.4, 0.5) is 26.3 Å². The SMILES string of the molecule is O=C(OC12CC3CC14C(CC4OCC(F)(F)C(F)(F)CO3)C2)C(F)(F)S(=O)(=O)O. The second-order valence-corrected chi connectivity index (χ2v) is 9.57. The van der Waals surface area contributed by atoms with E-state index in [-0.39, 0.29) is 31.6 Å². The van der Waals surface area contributed by atoms with Crippen molar-refractivity contribution in [3.8, 4) is 0 Å². The molecule has 0 amide bonds. The molecule has 4 fully saturated rings. The molecule has 1 aliphatic heterocycles. The second-order valence-electron chi connectivity index (χ2n) is 8.10. The number of halogens is 6. The zero-order valence-electron chi connectivity index (χ0n) is 14.5.